The number of amides is 1. The molecule has 4 rings (SSSR count). The van der Waals surface area contributed by atoms with Crippen LogP contribution in [0.4, 0.5) is 11.4 Å². The molecule has 0 atom stereocenters. The van der Waals surface area contributed by atoms with Crippen molar-refractivity contribution in [1.82, 2.24) is 15.2 Å². The maximum atomic E-state index is 13.0. The lowest BCUT2D eigenvalue weighted by atomic mass is 9.95. The van der Waals surface area contributed by atoms with Crippen LogP contribution < -0.4 is 10.0 Å². The maximum Gasteiger partial charge on any atom is 0.266 e. The molecule has 4 aromatic rings. The molecule has 34 heavy (non-hydrogen) atoms. The highest BCUT2D eigenvalue weighted by Gasteiger charge is 2.22. The number of carbonyl (C=O) groups excluding carboxylic acids is 1. The molecule has 174 valence electrons. The summed E-state index contributed by atoms with van der Waals surface area (Å²) < 4.78 is 34.3. The number of sulfonamides is 1. The van der Waals surface area contributed by atoms with Gasteiger partial charge in [0.2, 0.25) is 11.8 Å². The third kappa shape index (κ3) is 5.29. The van der Waals surface area contributed by atoms with Crippen LogP contribution in [-0.4, -0.2) is 29.5 Å². The van der Waals surface area contributed by atoms with Crippen LogP contribution in [-0.2, 0) is 14.8 Å². The van der Waals surface area contributed by atoms with E-state index >= 15 is 0 Å². The number of nitrogens with zero attached hydrogens (tertiary/aromatic N) is 3. The number of anilines is 2. The summed E-state index contributed by atoms with van der Waals surface area (Å²) in [6.07, 6.45) is 1.61. The molecule has 9 nitrogen and oxygen atoms in total. The minimum absolute atomic E-state index is 0.0201. The average Bonchev–Trinajstić information content (AvgIpc) is 3.30. The van der Waals surface area contributed by atoms with Gasteiger partial charge in [-0.3, -0.25) is 14.5 Å². The van der Waals surface area contributed by atoms with Crippen molar-refractivity contribution in [2.24, 2.45) is 5.41 Å². The van der Waals surface area contributed by atoms with Gasteiger partial charge in [-0.25, -0.2) is 8.42 Å². The van der Waals surface area contributed by atoms with E-state index in [-0.39, 0.29) is 22.6 Å². The van der Waals surface area contributed by atoms with Gasteiger partial charge in [0.1, 0.15) is 5.69 Å². The Hall–Kier alpha value is -4.05. The molecule has 2 aromatic heterocycles. The number of aromatic nitrogens is 3. The number of rotatable bonds is 6. The molecule has 0 aliphatic heterocycles. The van der Waals surface area contributed by atoms with Gasteiger partial charge in [0.15, 0.2) is 0 Å². The Morgan fingerprint density at radius 1 is 0.882 bits per heavy atom. The zero-order chi connectivity index (χ0) is 24.3. The van der Waals surface area contributed by atoms with Crippen molar-refractivity contribution >= 4 is 27.3 Å². The fourth-order valence-corrected chi connectivity index (χ4v) is 4.02. The molecule has 0 aliphatic rings. The molecule has 0 saturated carbocycles. The lowest BCUT2D eigenvalue weighted by Crippen LogP contribution is -2.27. The first-order chi connectivity index (χ1) is 16.1. The largest absolute Gasteiger partial charge is 0.415 e. The van der Waals surface area contributed by atoms with Crippen LogP contribution in [0.15, 0.2) is 82.2 Å². The van der Waals surface area contributed by atoms with Crippen molar-refractivity contribution in [1.29, 1.82) is 0 Å². The average molecular weight is 478 g/mol. The van der Waals surface area contributed by atoms with Gasteiger partial charge in [-0.15, -0.1) is 10.2 Å². The lowest BCUT2D eigenvalue weighted by molar-refractivity contribution is -0.123. The van der Waals surface area contributed by atoms with Gasteiger partial charge < -0.3 is 9.73 Å². The summed E-state index contributed by atoms with van der Waals surface area (Å²) in [6.45, 7) is 5.39. The van der Waals surface area contributed by atoms with E-state index in [1.165, 1.54) is 12.1 Å². The fourth-order valence-electron chi connectivity index (χ4n) is 2.92. The highest BCUT2D eigenvalue weighted by molar-refractivity contribution is 7.92. The Balaban J connectivity index is 1.55. The van der Waals surface area contributed by atoms with Crippen LogP contribution in [0.25, 0.3) is 23.0 Å². The normalized spacial score (nSPS) is 11.7. The standard InChI is InChI=1S/C24H23N5O4S/c1-24(2,3)23(30)26-17-9-7-10-18(15-17)29-34(31,32)19-11-6-8-16(14-19)21-27-28-22(33-21)20-12-4-5-13-25-20/h4-15,29H,1-3H3,(H,26,30). The maximum absolute atomic E-state index is 13.0. The first-order valence-corrected chi connectivity index (χ1v) is 11.9. The second-order valence-corrected chi connectivity index (χ2v) is 10.2. The predicted octanol–water partition coefficient (Wildman–Crippen LogP) is 4.58. The second-order valence-electron chi connectivity index (χ2n) is 8.55. The minimum Gasteiger partial charge on any atom is -0.415 e. The second kappa shape index (κ2) is 9.06. The molecule has 0 bridgehead atoms. The Morgan fingerprint density at radius 2 is 1.62 bits per heavy atom. The van der Waals surface area contributed by atoms with Crippen LogP contribution in [0, 0.1) is 5.41 Å². The van der Waals surface area contributed by atoms with Crippen LogP contribution in [0.1, 0.15) is 20.8 Å². The van der Waals surface area contributed by atoms with E-state index in [0.717, 1.165) is 0 Å². The highest BCUT2D eigenvalue weighted by atomic mass is 32.2. The molecular formula is C24H23N5O4S. The van der Waals surface area contributed by atoms with E-state index in [0.29, 0.717) is 22.6 Å². The van der Waals surface area contributed by atoms with Crippen molar-refractivity contribution in [2.75, 3.05) is 10.0 Å². The van der Waals surface area contributed by atoms with Crippen molar-refractivity contribution in [3.05, 3.63) is 72.9 Å². The molecule has 0 fully saturated rings. The molecule has 2 heterocycles. The molecule has 0 spiro atoms. The van der Waals surface area contributed by atoms with Gasteiger partial charge in [0.25, 0.3) is 15.9 Å². The van der Waals surface area contributed by atoms with Gasteiger partial charge >= 0.3 is 0 Å². The van der Waals surface area contributed by atoms with Crippen LogP contribution in [0.5, 0.6) is 0 Å². The van der Waals surface area contributed by atoms with Gasteiger partial charge in [-0.1, -0.05) is 39.0 Å². The quantitative estimate of drug-likeness (QED) is 0.416. The Morgan fingerprint density at radius 3 is 2.35 bits per heavy atom. The van der Waals surface area contributed by atoms with E-state index in [1.807, 2.05) is 0 Å². The molecular weight excluding hydrogens is 454 g/mol. The smallest absolute Gasteiger partial charge is 0.266 e. The highest BCUT2D eigenvalue weighted by Crippen LogP contribution is 2.26. The van der Waals surface area contributed by atoms with Crippen LogP contribution in [0.3, 0.4) is 0 Å². The van der Waals surface area contributed by atoms with Gasteiger partial charge in [-0.2, -0.15) is 0 Å². The molecule has 2 aromatic carbocycles. The fraction of sp³-hybridized carbons (Fsp3) is 0.167. The summed E-state index contributed by atoms with van der Waals surface area (Å²) in [7, 11) is -3.93. The van der Waals surface area contributed by atoms with Crippen LogP contribution >= 0.6 is 0 Å². The summed E-state index contributed by atoms with van der Waals surface area (Å²) in [6, 6.07) is 18.0. The molecule has 10 heteroatoms. The first kappa shape index (κ1) is 23.1. The molecule has 0 aliphatic carbocycles. The van der Waals surface area contributed by atoms with Gasteiger partial charge in [0, 0.05) is 22.9 Å². The van der Waals surface area contributed by atoms with Crippen molar-refractivity contribution in [3.8, 4) is 23.0 Å². The molecule has 2 N–H and O–H groups in total. The predicted molar refractivity (Wildman–Crippen MR) is 128 cm³/mol. The van der Waals surface area contributed by atoms with E-state index in [1.54, 1.807) is 81.6 Å². The number of benzene rings is 2. The molecule has 1 amide bonds. The van der Waals surface area contributed by atoms with E-state index in [9.17, 15) is 13.2 Å². The van der Waals surface area contributed by atoms with Gasteiger partial charge in [0.05, 0.1) is 10.6 Å². The van der Waals surface area contributed by atoms with Crippen molar-refractivity contribution < 1.29 is 17.6 Å². The Kier molecular flexibility index (Phi) is 6.16. The molecule has 0 unspecified atom stereocenters. The van der Waals surface area contributed by atoms with Crippen LogP contribution in [0.2, 0.25) is 0 Å². The third-order valence-corrected chi connectivity index (χ3v) is 6.13. The summed E-state index contributed by atoms with van der Waals surface area (Å²) in [4.78, 5) is 16.4. The van der Waals surface area contributed by atoms with E-state index in [2.05, 4.69) is 25.2 Å². The number of nitrogens with one attached hydrogen (secondary N) is 2. The zero-order valence-electron chi connectivity index (χ0n) is 18.8. The van der Waals surface area contributed by atoms with Gasteiger partial charge in [-0.05, 0) is 48.5 Å². The Labute approximate surface area is 197 Å². The summed E-state index contributed by atoms with van der Waals surface area (Å²) >= 11 is 0. The monoisotopic (exact) mass is 477 g/mol. The summed E-state index contributed by atoms with van der Waals surface area (Å²) in [5, 5.41) is 10.8. The van der Waals surface area contributed by atoms with E-state index < -0.39 is 15.4 Å². The first-order valence-electron chi connectivity index (χ1n) is 10.4. The number of hydrogen-bond acceptors (Lipinski definition) is 7. The zero-order valence-corrected chi connectivity index (χ0v) is 19.6. The third-order valence-electron chi connectivity index (χ3n) is 4.75. The summed E-state index contributed by atoms with van der Waals surface area (Å²) in [5.74, 6) is 0.227. The Bertz CT molecular complexity index is 1430. The number of hydrogen-bond donors (Lipinski definition) is 2. The lowest BCUT2D eigenvalue weighted by Gasteiger charge is -2.18. The SMILES string of the molecule is CC(C)(C)C(=O)Nc1cccc(NS(=O)(=O)c2cccc(-c3nnc(-c4ccccn4)o3)c2)c1. The molecule has 0 saturated heterocycles. The molecule has 0 radical (unpaired) electrons. The summed E-state index contributed by atoms with van der Waals surface area (Å²) in [5.41, 5.74) is 1.18. The van der Waals surface area contributed by atoms with Crippen molar-refractivity contribution in [3.63, 3.8) is 0 Å². The van der Waals surface area contributed by atoms with E-state index in [4.69, 9.17) is 4.42 Å². The topological polar surface area (TPSA) is 127 Å². The minimum atomic E-state index is -3.93. The number of carbonyl (C=O) groups is 1. The van der Waals surface area contributed by atoms with Crippen molar-refractivity contribution in [2.45, 2.75) is 25.7 Å². The number of pyridine rings is 1.